The maximum Gasteiger partial charge on any atom is 0.260 e. The largest absolute Gasteiger partial charge is 0.378 e. The Balaban J connectivity index is 2.10. The van der Waals surface area contributed by atoms with E-state index in [0.717, 1.165) is 32.9 Å². The number of amides is 1. The van der Waals surface area contributed by atoms with Crippen molar-refractivity contribution in [3.63, 3.8) is 0 Å². The van der Waals surface area contributed by atoms with Crippen molar-refractivity contribution in [3.05, 3.63) is 59.2 Å². The van der Waals surface area contributed by atoms with E-state index in [1.807, 2.05) is 75.3 Å². The normalized spacial score (nSPS) is 11.5. The van der Waals surface area contributed by atoms with E-state index in [-0.39, 0.29) is 6.54 Å². The van der Waals surface area contributed by atoms with Crippen LogP contribution in [0.4, 0.5) is 11.4 Å². The Bertz CT molecular complexity index is 947. The van der Waals surface area contributed by atoms with Gasteiger partial charge < -0.3 is 4.90 Å². The molecular weight excluding hydrogens is 376 g/mol. The molecule has 0 aliphatic heterocycles. The fourth-order valence-corrected chi connectivity index (χ4v) is 3.74. The van der Waals surface area contributed by atoms with Gasteiger partial charge in [0.05, 0.1) is 18.2 Å². The highest BCUT2D eigenvalue weighted by molar-refractivity contribution is 7.92. The summed E-state index contributed by atoms with van der Waals surface area (Å²) in [4.78, 5) is 14.3. The first kappa shape index (κ1) is 21.4. The highest BCUT2D eigenvalue weighted by Gasteiger charge is 2.23. The van der Waals surface area contributed by atoms with Crippen LogP contribution in [-0.4, -0.2) is 47.4 Å². The van der Waals surface area contributed by atoms with Crippen molar-refractivity contribution in [1.82, 2.24) is 5.43 Å². The average Bonchev–Trinajstić information content (AvgIpc) is 2.60. The van der Waals surface area contributed by atoms with Crippen molar-refractivity contribution in [2.75, 3.05) is 36.1 Å². The topological polar surface area (TPSA) is 82.1 Å². The molecule has 1 N–H and O–H groups in total. The molecule has 0 unspecified atom stereocenters. The number of hydrogen-bond donors (Lipinski definition) is 1. The van der Waals surface area contributed by atoms with Gasteiger partial charge in [0.1, 0.15) is 6.54 Å². The smallest absolute Gasteiger partial charge is 0.260 e. The Morgan fingerprint density at radius 2 is 1.64 bits per heavy atom. The van der Waals surface area contributed by atoms with Crippen molar-refractivity contribution in [3.8, 4) is 0 Å². The van der Waals surface area contributed by atoms with Gasteiger partial charge in [-0.2, -0.15) is 5.10 Å². The van der Waals surface area contributed by atoms with Gasteiger partial charge >= 0.3 is 0 Å². The quantitative estimate of drug-likeness (QED) is 0.569. The van der Waals surface area contributed by atoms with Crippen molar-refractivity contribution in [2.24, 2.45) is 5.10 Å². The van der Waals surface area contributed by atoms with Gasteiger partial charge in [0.15, 0.2) is 0 Å². The molecule has 0 saturated carbocycles. The number of hydrogen-bond acceptors (Lipinski definition) is 5. The van der Waals surface area contributed by atoms with Gasteiger partial charge in [-0.1, -0.05) is 30.3 Å². The second-order valence-corrected chi connectivity index (χ2v) is 8.70. The number of anilines is 2. The van der Waals surface area contributed by atoms with Gasteiger partial charge in [-0.05, 0) is 42.7 Å². The molecule has 0 saturated heterocycles. The molecule has 150 valence electrons. The molecule has 0 aliphatic rings. The van der Waals surface area contributed by atoms with Crippen LogP contribution in [0.25, 0.3) is 0 Å². The van der Waals surface area contributed by atoms with Crippen LogP contribution in [0.5, 0.6) is 0 Å². The number of para-hydroxylation sites is 1. The summed E-state index contributed by atoms with van der Waals surface area (Å²) in [5.74, 6) is -0.519. The number of benzene rings is 2. The summed E-state index contributed by atoms with van der Waals surface area (Å²) < 4.78 is 25.6. The van der Waals surface area contributed by atoms with E-state index in [2.05, 4.69) is 10.5 Å². The van der Waals surface area contributed by atoms with Crippen LogP contribution in [0, 0.1) is 13.8 Å². The maximum atomic E-state index is 12.3. The van der Waals surface area contributed by atoms with Crippen molar-refractivity contribution < 1.29 is 13.2 Å². The fraction of sp³-hybridized carbons (Fsp3) is 0.300. The van der Waals surface area contributed by atoms with Crippen LogP contribution in [0.3, 0.4) is 0 Å². The van der Waals surface area contributed by atoms with Gasteiger partial charge in [-0.25, -0.2) is 13.8 Å². The van der Waals surface area contributed by atoms with Gasteiger partial charge in [0.2, 0.25) is 10.0 Å². The molecule has 0 heterocycles. The second-order valence-electron chi connectivity index (χ2n) is 6.79. The number of carbonyl (C=O) groups is 1. The lowest BCUT2D eigenvalue weighted by Crippen LogP contribution is -2.39. The van der Waals surface area contributed by atoms with Crippen molar-refractivity contribution in [2.45, 2.75) is 13.8 Å². The van der Waals surface area contributed by atoms with E-state index in [9.17, 15) is 13.2 Å². The van der Waals surface area contributed by atoms with E-state index < -0.39 is 15.9 Å². The van der Waals surface area contributed by atoms with E-state index in [1.54, 1.807) is 0 Å². The molecule has 0 bridgehead atoms. The molecule has 0 fully saturated rings. The molecule has 7 nitrogen and oxygen atoms in total. The van der Waals surface area contributed by atoms with Gasteiger partial charge in [0, 0.05) is 19.8 Å². The Kier molecular flexibility index (Phi) is 6.80. The first-order chi connectivity index (χ1) is 13.1. The Hall–Kier alpha value is -2.87. The predicted octanol–water partition coefficient (Wildman–Crippen LogP) is 2.29. The first-order valence-electron chi connectivity index (χ1n) is 8.73. The number of carbonyl (C=O) groups excluding carboxylic acids is 1. The summed E-state index contributed by atoms with van der Waals surface area (Å²) in [5, 5.41) is 3.93. The number of nitrogens with one attached hydrogen (secondary N) is 1. The number of nitrogens with zero attached hydrogens (tertiary/aromatic N) is 3. The lowest BCUT2D eigenvalue weighted by atomic mass is 10.1. The molecule has 0 spiro atoms. The molecule has 8 heteroatoms. The van der Waals surface area contributed by atoms with Crippen LogP contribution in [0.2, 0.25) is 0 Å². The Morgan fingerprint density at radius 1 is 1.07 bits per heavy atom. The highest BCUT2D eigenvalue weighted by atomic mass is 32.2. The molecular formula is C20H26N4O3S. The maximum absolute atomic E-state index is 12.3. The zero-order chi connectivity index (χ0) is 20.9. The van der Waals surface area contributed by atoms with Gasteiger partial charge in [-0.3, -0.25) is 9.10 Å². The predicted molar refractivity (Wildman–Crippen MR) is 115 cm³/mol. The molecule has 0 aliphatic carbocycles. The monoisotopic (exact) mass is 402 g/mol. The highest BCUT2D eigenvalue weighted by Crippen LogP contribution is 2.26. The van der Waals surface area contributed by atoms with E-state index in [0.29, 0.717) is 5.69 Å². The minimum atomic E-state index is -3.63. The average molecular weight is 403 g/mol. The molecule has 2 aromatic rings. The molecule has 0 atom stereocenters. The third-order valence-electron chi connectivity index (χ3n) is 4.19. The third-order valence-corrected chi connectivity index (χ3v) is 5.30. The summed E-state index contributed by atoms with van der Waals surface area (Å²) in [6.45, 7) is 3.28. The number of rotatable bonds is 7. The van der Waals surface area contributed by atoms with E-state index in [4.69, 9.17) is 0 Å². The zero-order valence-electron chi connectivity index (χ0n) is 16.8. The lowest BCUT2D eigenvalue weighted by Gasteiger charge is -2.25. The zero-order valence-corrected chi connectivity index (χ0v) is 17.6. The van der Waals surface area contributed by atoms with Crippen LogP contribution in [0.1, 0.15) is 16.7 Å². The summed E-state index contributed by atoms with van der Waals surface area (Å²) in [5.41, 5.74) is 6.35. The lowest BCUT2D eigenvalue weighted by molar-refractivity contribution is -0.119. The fourth-order valence-electron chi connectivity index (χ4n) is 2.76. The molecule has 28 heavy (non-hydrogen) atoms. The number of hydrazone groups is 1. The van der Waals surface area contributed by atoms with Crippen molar-refractivity contribution in [1.29, 1.82) is 0 Å². The number of sulfonamides is 1. The summed E-state index contributed by atoms with van der Waals surface area (Å²) in [6.07, 6.45) is 2.60. The van der Waals surface area contributed by atoms with Crippen molar-refractivity contribution >= 4 is 33.5 Å². The standard InChI is InChI=1S/C20H26N4O3S/c1-15-7-6-8-16(2)20(15)24(28(5,26)27)14-19(25)22-21-13-17-9-11-18(12-10-17)23(3)4/h6-13H,14H2,1-5H3,(H,22,25)/b21-13-. The molecule has 0 radical (unpaired) electrons. The molecule has 1 amide bonds. The van der Waals surface area contributed by atoms with E-state index >= 15 is 0 Å². The Morgan fingerprint density at radius 3 is 2.14 bits per heavy atom. The minimum Gasteiger partial charge on any atom is -0.378 e. The summed E-state index contributed by atoms with van der Waals surface area (Å²) in [7, 11) is 0.271. The first-order valence-corrected chi connectivity index (χ1v) is 10.6. The van der Waals surface area contributed by atoms with Crippen LogP contribution < -0.4 is 14.6 Å². The van der Waals surface area contributed by atoms with Crippen LogP contribution in [-0.2, 0) is 14.8 Å². The van der Waals surface area contributed by atoms with Crippen LogP contribution >= 0.6 is 0 Å². The number of aryl methyl sites for hydroxylation is 2. The molecule has 0 aromatic heterocycles. The van der Waals surface area contributed by atoms with E-state index in [1.165, 1.54) is 6.21 Å². The minimum absolute atomic E-state index is 0.346. The molecule has 2 aromatic carbocycles. The van der Waals surface area contributed by atoms with Gasteiger partial charge in [-0.15, -0.1) is 0 Å². The molecule has 2 rings (SSSR count). The van der Waals surface area contributed by atoms with Crippen LogP contribution in [0.15, 0.2) is 47.6 Å². The third kappa shape index (κ3) is 5.56. The Labute approximate surface area is 166 Å². The van der Waals surface area contributed by atoms with Gasteiger partial charge in [0.25, 0.3) is 5.91 Å². The SMILES string of the molecule is Cc1cccc(C)c1N(CC(=O)N/N=C\c1ccc(N(C)C)cc1)S(C)(=O)=O. The second kappa shape index (κ2) is 8.88. The summed E-state index contributed by atoms with van der Waals surface area (Å²) >= 11 is 0. The summed E-state index contributed by atoms with van der Waals surface area (Å²) in [6, 6.07) is 13.1.